The fourth-order valence-electron chi connectivity index (χ4n) is 11.9. The summed E-state index contributed by atoms with van der Waals surface area (Å²) in [5.74, 6) is 0. The van der Waals surface area contributed by atoms with E-state index in [9.17, 15) is 50.5 Å². The van der Waals surface area contributed by atoms with Crippen molar-refractivity contribution >= 4 is 60.1 Å². The molecule has 96 heavy (non-hydrogen) atoms. The molecule has 26 heteroatoms. The van der Waals surface area contributed by atoms with Crippen molar-refractivity contribution in [1.29, 1.82) is 0 Å². The summed E-state index contributed by atoms with van der Waals surface area (Å²) in [5.41, 5.74) is 7.02. The van der Waals surface area contributed by atoms with Crippen molar-refractivity contribution in [1.82, 2.24) is 35.6 Å². The SMILES string of the molecule is Cc1ccc(S(=O)(=O)N2CCCN(Cc3ccc(CN4CCCN(S(=O)(=O)c5ccc(C)cc5)CCN(S(=O)(=O)c5ccc(C)cc5)CCN(S(=O)(=O)c5ccc(C)cc5)CCC4)cc3)CCCN(S(=O)(=O)c3ccc(C)cc3)CCN(S(=O)(=O)c3ccc(C)cc3)CC2)cc1. The van der Waals surface area contributed by atoms with Crippen LogP contribution in [0.15, 0.2) is 199 Å². The molecule has 0 unspecified atom stereocenters. The van der Waals surface area contributed by atoms with Crippen molar-refractivity contribution < 1.29 is 50.5 Å². The summed E-state index contributed by atoms with van der Waals surface area (Å²) in [6.45, 7) is 12.0. The van der Waals surface area contributed by atoms with Gasteiger partial charge in [0.2, 0.25) is 60.1 Å². The zero-order valence-corrected chi connectivity index (χ0v) is 60.5. The van der Waals surface area contributed by atoms with Gasteiger partial charge in [-0.1, -0.05) is 130 Å². The second-order valence-corrected chi connectivity index (χ2v) is 36.7. The monoisotopic (exact) mass is 1430 g/mol. The summed E-state index contributed by atoms with van der Waals surface area (Å²) < 4.78 is 183. The number of hydrogen-bond donors (Lipinski definition) is 0. The summed E-state index contributed by atoms with van der Waals surface area (Å²) in [6.07, 6.45) is 1.41. The van der Waals surface area contributed by atoms with Crippen LogP contribution >= 0.6 is 0 Å². The Kier molecular flexibility index (Phi) is 24.9. The third kappa shape index (κ3) is 18.8. The van der Waals surface area contributed by atoms with Gasteiger partial charge in [-0.15, -0.1) is 0 Å². The van der Waals surface area contributed by atoms with Crippen LogP contribution in [0.5, 0.6) is 0 Å². The lowest BCUT2D eigenvalue weighted by molar-refractivity contribution is 0.229. The van der Waals surface area contributed by atoms with Crippen molar-refractivity contribution in [3.8, 4) is 0 Å². The Labute approximate surface area is 571 Å². The third-order valence-electron chi connectivity index (χ3n) is 17.7. The minimum absolute atomic E-state index is 0.00540. The molecule has 2 fully saturated rings. The maximum atomic E-state index is 14.6. The number of nitrogens with zero attached hydrogens (tertiary/aromatic N) is 8. The first-order valence-electron chi connectivity index (χ1n) is 32.5. The molecular formula is C70H90N8O12S6. The van der Waals surface area contributed by atoms with E-state index in [0.29, 0.717) is 65.0 Å². The average Bonchev–Trinajstić information content (AvgIpc) is 0.846. The number of aryl methyl sites for hydroxylation is 6. The fraction of sp³-hybridized carbons (Fsp3) is 0.400. The smallest absolute Gasteiger partial charge is 0.243 e. The van der Waals surface area contributed by atoms with Gasteiger partial charge < -0.3 is 0 Å². The number of rotatable bonds is 16. The molecule has 2 aliphatic rings. The summed E-state index contributed by atoms with van der Waals surface area (Å²) in [6, 6.07) is 46.9. The molecule has 0 radical (unpaired) electrons. The quantitative estimate of drug-likeness (QED) is 0.0880. The Hall–Kier alpha value is -6.08. The largest absolute Gasteiger partial charge is 0.299 e. The van der Waals surface area contributed by atoms with Crippen LogP contribution in [-0.2, 0) is 73.2 Å². The molecule has 2 aliphatic heterocycles. The van der Waals surface area contributed by atoms with Crippen molar-refractivity contribution in [3.05, 3.63) is 214 Å². The van der Waals surface area contributed by atoms with E-state index in [1.807, 2.05) is 65.8 Å². The highest BCUT2D eigenvalue weighted by molar-refractivity contribution is 7.90. The minimum Gasteiger partial charge on any atom is -0.299 e. The van der Waals surface area contributed by atoms with E-state index in [2.05, 4.69) is 9.80 Å². The molecule has 7 aromatic carbocycles. The van der Waals surface area contributed by atoms with E-state index < -0.39 is 60.1 Å². The lowest BCUT2D eigenvalue weighted by Crippen LogP contribution is -2.46. The molecule has 0 saturated carbocycles. The van der Waals surface area contributed by atoms with Gasteiger partial charge in [0.25, 0.3) is 0 Å². The fourth-order valence-corrected chi connectivity index (χ4v) is 20.6. The van der Waals surface area contributed by atoms with Gasteiger partial charge in [0.1, 0.15) is 0 Å². The lowest BCUT2D eigenvalue weighted by Gasteiger charge is -2.32. The Morgan fingerprint density at radius 2 is 0.354 bits per heavy atom. The van der Waals surface area contributed by atoms with Gasteiger partial charge in [-0.25, -0.2) is 50.5 Å². The summed E-state index contributed by atoms with van der Waals surface area (Å²) in [5, 5.41) is 0. The van der Waals surface area contributed by atoms with Gasteiger partial charge in [-0.05, 0) is 177 Å². The molecule has 0 bridgehead atoms. The molecule has 0 aromatic heterocycles. The van der Waals surface area contributed by atoms with Gasteiger partial charge in [-0.3, -0.25) is 9.80 Å². The van der Waals surface area contributed by atoms with Crippen molar-refractivity contribution in [3.63, 3.8) is 0 Å². The maximum Gasteiger partial charge on any atom is 0.243 e. The predicted molar refractivity (Wildman–Crippen MR) is 375 cm³/mol. The number of benzene rings is 7. The highest BCUT2D eigenvalue weighted by Crippen LogP contribution is 2.27. The average molecular weight is 1430 g/mol. The van der Waals surface area contributed by atoms with Crippen LogP contribution in [0, 0.1) is 41.5 Å². The van der Waals surface area contributed by atoms with E-state index in [0.717, 1.165) is 44.5 Å². The van der Waals surface area contributed by atoms with Crippen molar-refractivity contribution in [2.45, 2.75) is 110 Å². The summed E-state index contributed by atoms with van der Waals surface area (Å²) >= 11 is 0. The molecule has 0 N–H and O–H groups in total. The normalized spacial score (nSPS) is 18.1. The van der Waals surface area contributed by atoms with Crippen LogP contribution in [0.3, 0.4) is 0 Å². The molecular weight excluding hydrogens is 1340 g/mol. The van der Waals surface area contributed by atoms with Gasteiger partial charge in [0.15, 0.2) is 0 Å². The minimum atomic E-state index is -4.26. The number of hydrogen-bond acceptors (Lipinski definition) is 14. The molecule has 20 nitrogen and oxygen atoms in total. The number of sulfonamides is 6. The van der Waals surface area contributed by atoms with Gasteiger partial charge in [-0.2, -0.15) is 25.8 Å². The van der Waals surface area contributed by atoms with Crippen molar-refractivity contribution in [2.75, 3.05) is 105 Å². The van der Waals surface area contributed by atoms with E-state index in [-0.39, 0.29) is 108 Å². The van der Waals surface area contributed by atoms with E-state index in [1.165, 1.54) is 50.1 Å². The van der Waals surface area contributed by atoms with Gasteiger partial charge in [0.05, 0.1) is 29.4 Å². The zero-order valence-electron chi connectivity index (χ0n) is 55.6. The Morgan fingerprint density at radius 3 is 0.510 bits per heavy atom. The summed E-state index contributed by atoms with van der Waals surface area (Å²) in [7, 11) is -25.2. The predicted octanol–water partition coefficient (Wildman–Crippen LogP) is 8.87. The van der Waals surface area contributed by atoms with E-state index in [4.69, 9.17) is 0 Å². The molecule has 2 saturated heterocycles. The topological polar surface area (TPSA) is 231 Å². The second-order valence-electron chi connectivity index (χ2n) is 25.1. The second kappa shape index (κ2) is 32.3. The third-order valence-corrected chi connectivity index (χ3v) is 29.2. The highest BCUT2D eigenvalue weighted by atomic mass is 32.2. The molecule has 518 valence electrons. The van der Waals surface area contributed by atoms with Gasteiger partial charge in [0, 0.05) is 91.6 Å². The van der Waals surface area contributed by atoms with Crippen LogP contribution < -0.4 is 0 Å². The molecule has 2 heterocycles. The van der Waals surface area contributed by atoms with E-state index >= 15 is 0 Å². The lowest BCUT2D eigenvalue weighted by atomic mass is 10.1. The first kappa shape index (κ1) is 74.2. The zero-order chi connectivity index (χ0) is 69.1. The Morgan fingerprint density at radius 1 is 0.208 bits per heavy atom. The molecule has 0 aliphatic carbocycles. The van der Waals surface area contributed by atoms with Crippen LogP contribution in [-0.4, -0.2) is 191 Å². The van der Waals surface area contributed by atoms with Crippen molar-refractivity contribution in [2.24, 2.45) is 0 Å². The highest BCUT2D eigenvalue weighted by Gasteiger charge is 2.35. The molecule has 0 spiro atoms. The first-order valence-corrected chi connectivity index (χ1v) is 41.1. The van der Waals surface area contributed by atoms with Crippen LogP contribution in [0.2, 0.25) is 0 Å². The Balaban J connectivity index is 0.981. The maximum absolute atomic E-state index is 14.6. The van der Waals surface area contributed by atoms with E-state index in [1.54, 1.807) is 121 Å². The molecule has 9 rings (SSSR count). The van der Waals surface area contributed by atoms with Crippen LogP contribution in [0.25, 0.3) is 0 Å². The summed E-state index contributed by atoms with van der Waals surface area (Å²) in [4.78, 5) is 4.62. The standard InChI is InChI=1S/C70H90N8O12S6/c1-57-11-27-65(28-12-57)91(79,80)73-43-7-39-71(40-8-44-74(92(81,82)66-29-13-58(2)14-30-66)48-52-77(51-47-73)95(87,88)69-35-19-61(5)20-36-69)55-63-23-25-64(26-24-63)56-72-41-9-45-75(93(83,84)67-31-15-59(3)16-32-67)49-53-78(96(89,90)70-37-21-62(6)22-38-70)54-50-76(46-10-42-72)94(85,86)68-33-17-60(4)18-34-68/h11-38H,7-10,39-56H2,1-6H3. The molecule has 0 atom stereocenters. The van der Waals surface area contributed by atoms with Crippen LogP contribution in [0.1, 0.15) is 70.2 Å². The van der Waals surface area contributed by atoms with Crippen LogP contribution in [0.4, 0.5) is 0 Å². The molecule has 7 aromatic rings. The first-order chi connectivity index (χ1) is 45.5. The molecule has 0 amide bonds. The van der Waals surface area contributed by atoms with Gasteiger partial charge >= 0.3 is 0 Å². The Bertz CT molecular complexity index is 3970.